The first-order valence-electron chi connectivity index (χ1n) is 6.71. The molecule has 0 spiro atoms. The molecule has 0 aliphatic heterocycles. The summed E-state index contributed by atoms with van der Waals surface area (Å²) in [7, 11) is 0. The number of nitrogens with one attached hydrogen (secondary N) is 1. The second-order valence-corrected chi connectivity index (χ2v) is 5.93. The molecule has 1 aliphatic carbocycles. The predicted molar refractivity (Wildman–Crippen MR) is 77.2 cm³/mol. The van der Waals surface area contributed by atoms with Gasteiger partial charge in [0.1, 0.15) is 11.4 Å². The fourth-order valence-corrected chi connectivity index (χ4v) is 2.83. The highest BCUT2D eigenvalue weighted by Crippen LogP contribution is 2.39. The maximum atomic E-state index is 11.1. The van der Waals surface area contributed by atoms with Gasteiger partial charge < -0.3 is 11.1 Å². The second kappa shape index (κ2) is 5.07. The Morgan fingerprint density at radius 1 is 1.42 bits per heavy atom. The van der Waals surface area contributed by atoms with Crippen LogP contribution in [0.15, 0.2) is 18.2 Å². The molecule has 0 heterocycles. The van der Waals surface area contributed by atoms with Crippen LogP contribution in [-0.4, -0.2) is 11.0 Å². The maximum Gasteiger partial charge on any atom is 0.314 e. The Hall–Kier alpha value is -1.78. The van der Waals surface area contributed by atoms with E-state index in [0.29, 0.717) is 5.69 Å². The van der Waals surface area contributed by atoms with E-state index in [9.17, 15) is 10.1 Å². The van der Waals surface area contributed by atoms with Gasteiger partial charge in [0.25, 0.3) is 0 Å². The van der Waals surface area contributed by atoms with Crippen molar-refractivity contribution in [2.45, 2.75) is 45.6 Å². The Labute approximate surface area is 113 Å². The molecule has 1 atom stereocenters. The Kier molecular flexibility index (Phi) is 3.64. The fraction of sp³-hybridized carbons (Fsp3) is 0.571. The van der Waals surface area contributed by atoms with Gasteiger partial charge in [-0.2, -0.15) is 0 Å². The number of benzene rings is 1. The molecule has 2 rings (SSSR count). The third-order valence-electron chi connectivity index (χ3n) is 4.09. The van der Waals surface area contributed by atoms with Crippen molar-refractivity contribution in [2.24, 2.45) is 5.41 Å². The number of rotatable bonds is 3. The standard InChI is InChI=1S/C14H21N3O2/c1-14(2)9-4-3-8-12(14)16-11-7-5-6-10(15)13(11)17(18)19/h5-7,12,16H,3-4,8-9,15H2,1-2H3. The molecular weight excluding hydrogens is 242 g/mol. The van der Waals surface area contributed by atoms with E-state index < -0.39 is 4.92 Å². The number of nitrogens with zero attached hydrogens (tertiary/aromatic N) is 1. The molecule has 1 saturated carbocycles. The molecule has 1 fully saturated rings. The molecule has 3 N–H and O–H groups in total. The Bertz CT molecular complexity index is 486. The number of nitrogen functional groups attached to an aromatic ring is 1. The molecule has 1 aliphatic rings. The van der Waals surface area contributed by atoms with Crippen LogP contribution >= 0.6 is 0 Å². The monoisotopic (exact) mass is 263 g/mol. The van der Waals surface area contributed by atoms with Crippen molar-refractivity contribution in [2.75, 3.05) is 11.1 Å². The van der Waals surface area contributed by atoms with Gasteiger partial charge in [0.15, 0.2) is 0 Å². The minimum atomic E-state index is -0.409. The van der Waals surface area contributed by atoms with Crippen LogP contribution < -0.4 is 11.1 Å². The molecule has 19 heavy (non-hydrogen) atoms. The minimum absolute atomic E-state index is 0.0103. The van der Waals surface area contributed by atoms with Crippen LogP contribution in [0.25, 0.3) is 0 Å². The summed E-state index contributed by atoms with van der Waals surface area (Å²) in [5, 5.41) is 14.5. The Morgan fingerprint density at radius 3 is 2.79 bits per heavy atom. The van der Waals surface area contributed by atoms with Crippen molar-refractivity contribution in [1.82, 2.24) is 0 Å². The maximum absolute atomic E-state index is 11.1. The summed E-state index contributed by atoms with van der Waals surface area (Å²) in [5.41, 5.74) is 6.60. The normalized spacial score (nSPS) is 21.9. The average Bonchev–Trinajstić information content (AvgIpc) is 2.31. The van der Waals surface area contributed by atoms with Crippen molar-refractivity contribution in [3.63, 3.8) is 0 Å². The van der Waals surface area contributed by atoms with Gasteiger partial charge >= 0.3 is 5.69 Å². The number of hydrogen-bond acceptors (Lipinski definition) is 4. The molecule has 0 saturated heterocycles. The summed E-state index contributed by atoms with van der Waals surface area (Å²) in [5.74, 6) is 0. The summed E-state index contributed by atoms with van der Waals surface area (Å²) < 4.78 is 0. The van der Waals surface area contributed by atoms with Crippen molar-refractivity contribution < 1.29 is 4.92 Å². The molecule has 1 unspecified atom stereocenters. The van der Waals surface area contributed by atoms with Crippen LogP contribution in [0.4, 0.5) is 17.1 Å². The largest absolute Gasteiger partial charge is 0.393 e. The lowest BCUT2D eigenvalue weighted by molar-refractivity contribution is -0.383. The van der Waals surface area contributed by atoms with E-state index in [0.717, 1.165) is 19.3 Å². The number of nitro benzene ring substituents is 1. The molecule has 0 aromatic heterocycles. The van der Waals surface area contributed by atoms with E-state index in [-0.39, 0.29) is 22.8 Å². The number of para-hydroxylation sites is 1. The van der Waals surface area contributed by atoms with E-state index in [4.69, 9.17) is 5.73 Å². The molecule has 1 aromatic carbocycles. The summed E-state index contributed by atoms with van der Waals surface area (Å²) in [6, 6.07) is 5.30. The molecule has 0 bridgehead atoms. The molecule has 1 aromatic rings. The Morgan fingerprint density at radius 2 is 2.16 bits per heavy atom. The van der Waals surface area contributed by atoms with Gasteiger partial charge in [-0.15, -0.1) is 0 Å². The highest BCUT2D eigenvalue weighted by Gasteiger charge is 2.33. The predicted octanol–water partition coefficient (Wildman–Crippen LogP) is 3.56. The van der Waals surface area contributed by atoms with Gasteiger partial charge in [-0.05, 0) is 30.4 Å². The van der Waals surface area contributed by atoms with E-state index in [1.54, 1.807) is 18.2 Å². The van der Waals surface area contributed by atoms with Gasteiger partial charge in [0, 0.05) is 6.04 Å². The minimum Gasteiger partial charge on any atom is -0.393 e. The first-order valence-corrected chi connectivity index (χ1v) is 6.71. The van der Waals surface area contributed by atoms with E-state index in [1.165, 1.54) is 6.42 Å². The molecule has 0 amide bonds. The average molecular weight is 263 g/mol. The van der Waals surface area contributed by atoms with Crippen LogP contribution in [0.1, 0.15) is 39.5 Å². The summed E-state index contributed by atoms with van der Waals surface area (Å²) in [4.78, 5) is 10.7. The zero-order valence-electron chi connectivity index (χ0n) is 11.5. The van der Waals surface area contributed by atoms with Crippen molar-refractivity contribution in [3.05, 3.63) is 28.3 Å². The van der Waals surface area contributed by atoms with Gasteiger partial charge in [0.2, 0.25) is 0 Å². The lowest BCUT2D eigenvalue weighted by Crippen LogP contribution is -2.39. The summed E-state index contributed by atoms with van der Waals surface area (Å²) in [6.45, 7) is 4.42. The third-order valence-corrected chi connectivity index (χ3v) is 4.09. The third kappa shape index (κ3) is 2.80. The summed E-state index contributed by atoms with van der Waals surface area (Å²) >= 11 is 0. The number of nitro groups is 1. The van der Waals surface area contributed by atoms with Gasteiger partial charge in [-0.1, -0.05) is 32.8 Å². The van der Waals surface area contributed by atoms with Crippen LogP contribution in [-0.2, 0) is 0 Å². The van der Waals surface area contributed by atoms with Gasteiger partial charge in [-0.3, -0.25) is 10.1 Å². The van der Waals surface area contributed by atoms with Crippen LogP contribution in [0.2, 0.25) is 0 Å². The zero-order valence-corrected chi connectivity index (χ0v) is 11.5. The smallest absolute Gasteiger partial charge is 0.314 e. The molecular formula is C14H21N3O2. The highest BCUT2D eigenvalue weighted by atomic mass is 16.6. The molecule has 104 valence electrons. The fourth-order valence-electron chi connectivity index (χ4n) is 2.83. The zero-order chi connectivity index (χ0) is 14.0. The Balaban J connectivity index is 2.28. The number of nitrogens with two attached hydrogens (primary N) is 1. The highest BCUT2D eigenvalue weighted by molar-refractivity contribution is 5.74. The van der Waals surface area contributed by atoms with Crippen molar-refractivity contribution >= 4 is 17.1 Å². The first-order chi connectivity index (χ1) is 8.92. The SMILES string of the molecule is CC1(C)CCCCC1Nc1cccc(N)c1[N+](=O)[O-]. The van der Waals surface area contributed by atoms with E-state index >= 15 is 0 Å². The molecule has 0 radical (unpaired) electrons. The molecule has 5 nitrogen and oxygen atoms in total. The van der Waals surface area contributed by atoms with E-state index in [2.05, 4.69) is 19.2 Å². The topological polar surface area (TPSA) is 81.2 Å². The van der Waals surface area contributed by atoms with Crippen LogP contribution in [0.5, 0.6) is 0 Å². The van der Waals surface area contributed by atoms with Crippen LogP contribution in [0, 0.1) is 15.5 Å². The lowest BCUT2D eigenvalue weighted by atomic mass is 9.73. The van der Waals surface area contributed by atoms with Gasteiger partial charge in [0.05, 0.1) is 4.92 Å². The second-order valence-electron chi connectivity index (χ2n) is 5.93. The lowest BCUT2D eigenvalue weighted by Gasteiger charge is -2.39. The van der Waals surface area contributed by atoms with Gasteiger partial charge in [-0.25, -0.2) is 0 Å². The van der Waals surface area contributed by atoms with E-state index in [1.807, 2.05) is 0 Å². The van der Waals surface area contributed by atoms with Crippen LogP contribution in [0.3, 0.4) is 0 Å². The first kappa shape index (κ1) is 13.6. The summed E-state index contributed by atoms with van der Waals surface area (Å²) in [6.07, 6.45) is 4.57. The van der Waals surface area contributed by atoms with Crippen molar-refractivity contribution in [3.8, 4) is 0 Å². The van der Waals surface area contributed by atoms with Crippen molar-refractivity contribution in [1.29, 1.82) is 0 Å². The number of anilines is 2. The quantitative estimate of drug-likeness (QED) is 0.496. The number of hydrogen-bond donors (Lipinski definition) is 2. The molecule has 5 heteroatoms.